The highest BCUT2D eigenvalue weighted by Crippen LogP contribution is 2.21. The SMILES string of the molecule is [B]c1cccc(C2=NOC(CNC(=O)c3ccc(Cl)s3)C2)c1. The molecule has 1 aliphatic heterocycles. The molecule has 2 heterocycles. The third-order valence-electron chi connectivity index (χ3n) is 3.24. The number of halogens is 1. The minimum atomic E-state index is -0.171. The lowest BCUT2D eigenvalue weighted by molar-refractivity contribution is 0.0755. The van der Waals surface area contributed by atoms with E-state index in [2.05, 4.69) is 10.5 Å². The molecule has 0 saturated heterocycles. The largest absolute Gasteiger partial charge is 0.390 e. The number of carbonyl (C=O) groups excluding carboxylic acids is 1. The minimum absolute atomic E-state index is 0.155. The lowest BCUT2D eigenvalue weighted by Crippen LogP contribution is -2.31. The Hall–Kier alpha value is -1.79. The van der Waals surface area contributed by atoms with Crippen molar-refractivity contribution in [1.29, 1.82) is 0 Å². The number of thiophene rings is 1. The summed E-state index contributed by atoms with van der Waals surface area (Å²) in [6.07, 6.45) is 0.463. The molecule has 22 heavy (non-hydrogen) atoms. The first-order valence-electron chi connectivity index (χ1n) is 6.74. The Kier molecular flexibility index (Phi) is 4.50. The second-order valence-electron chi connectivity index (χ2n) is 4.91. The molecule has 1 atom stereocenters. The highest BCUT2D eigenvalue weighted by molar-refractivity contribution is 7.17. The molecule has 1 N–H and O–H groups in total. The van der Waals surface area contributed by atoms with Gasteiger partial charge in [0.1, 0.15) is 14.0 Å². The van der Waals surface area contributed by atoms with Crippen LogP contribution in [0.5, 0.6) is 0 Å². The summed E-state index contributed by atoms with van der Waals surface area (Å²) in [4.78, 5) is 17.9. The molecule has 0 saturated carbocycles. The lowest BCUT2D eigenvalue weighted by atomic mass is 9.92. The summed E-state index contributed by atoms with van der Waals surface area (Å²) < 4.78 is 0.592. The maximum atomic E-state index is 11.9. The Morgan fingerprint density at radius 2 is 2.32 bits per heavy atom. The Labute approximate surface area is 138 Å². The van der Waals surface area contributed by atoms with Crippen molar-refractivity contribution in [2.45, 2.75) is 12.5 Å². The average Bonchev–Trinajstić information content (AvgIpc) is 3.14. The number of rotatable bonds is 4. The van der Waals surface area contributed by atoms with Gasteiger partial charge < -0.3 is 10.2 Å². The van der Waals surface area contributed by atoms with E-state index in [0.717, 1.165) is 11.3 Å². The average molecular weight is 331 g/mol. The molecule has 0 spiro atoms. The second kappa shape index (κ2) is 6.54. The van der Waals surface area contributed by atoms with Crippen LogP contribution in [0.25, 0.3) is 0 Å². The van der Waals surface area contributed by atoms with Crippen molar-refractivity contribution in [1.82, 2.24) is 5.32 Å². The van der Waals surface area contributed by atoms with E-state index in [1.54, 1.807) is 12.1 Å². The van der Waals surface area contributed by atoms with Gasteiger partial charge in [-0.25, -0.2) is 0 Å². The number of hydrogen-bond acceptors (Lipinski definition) is 4. The van der Waals surface area contributed by atoms with Crippen molar-refractivity contribution in [3.8, 4) is 0 Å². The number of benzene rings is 1. The molecule has 1 aliphatic rings. The van der Waals surface area contributed by atoms with E-state index >= 15 is 0 Å². The topological polar surface area (TPSA) is 50.7 Å². The van der Waals surface area contributed by atoms with Gasteiger partial charge in [0, 0.05) is 6.42 Å². The van der Waals surface area contributed by atoms with Gasteiger partial charge in [0.15, 0.2) is 0 Å². The van der Waals surface area contributed by atoms with E-state index in [-0.39, 0.29) is 12.0 Å². The number of oxime groups is 1. The van der Waals surface area contributed by atoms with Gasteiger partial charge in [0.2, 0.25) is 0 Å². The first-order valence-corrected chi connectivity index (χ1v) is 7.93. The van der Waals surface area contributed by atoms with Crippen molar-refractivity contribution in [2.24, 2.45) is 5.16 Å². The van der Waals surface area contributed by atoms with E-state index in [0.29, 0.717) is 27.6 Å². The lowest BCUT2D eigenvalue weighted by Gasteiger charge is -2.09. The van der Waals surface area contributed by atoms with Crippen molar-refractivity contribution in [2.75, 3.05) is 6.54 Å². The normalized spacial score (nSPS) is 17.0. The van der Waals surface area contributed by atoms with Gasteiger partial charge in [-0.2, -0.15) is 0 Å². The fourth-order valence-electron chi connectivity index (χ4n) is 2.16. The van der Waals surface area contributed by atoms with Crippen LogP contribution in [0.15, 0.2) is 41.6 Å². The van der Waals surface area contributed by atoms with E-state index in [4.69, 9.17) is 24.3 Å². The van der Waals surface area contributed by atoms with E-state index < -0.39 is 0 Å². The Morgan fingerprint density at radius 3 is 3.05 bits per heavy atom. The molecule has 3 rings (SSSR count). The van der Waals surface area contributed by atoms with Crippen molar-refractivity contribution >= 4 is 47.9 Å². The zero-order valence-electron chi connectivity index (χ0n) is 11.6. The maximum absolute atomic E-state index is 11.9. The first-order chi connectivity index (χ1) is 10.6. The van der Waals surface area contributed by atoms with Gasteiger partial charge in [-0.05, 0) is 17.7 Å². The maximum Gasteiger partial charge on any atom is 0.261 e. The van der Waals surface area contributed by atoms with Crippen LogP contribution in [-0.4, -0.2) is 32.1 Å². The number of nitrogens with zero attached hydrogens (tertiary/aromatic N) is 1. The molecule has 2 aromatic rings. The second-order valence-corrected chi connectivity index (χ2v) is 6.62. The van der Waals surface area contributed by atoms with Crippen LogP contribution in [-0.2, 0) is 4.84 Å². The predicted octanol–water partition coefficient (Wildman–Crippen LogP) is 2.12. The van der Waals surface area contributed by atoms with Gasteiger partial charge in [-0.3, -0.25) is 4.79 Å². The summed E-state index contributed by atoms with van der Waals surface area (Å²) in [6, 6.07) is 10.9. The van der Waals surface area contributed by atoms with Crippen LogP contribution in [0.1, 0.15) is 21.7 Å². The standard InChI is InChI=1S/C15H12BClN2O2S/c16-10-3-1-2-9(6-10)12-7-11(21-19-12)8-18-15(20)13-4-5-14(17)22-13/h1-6,11H,7-8H2,(H,18,20). The molecule has 1 unspecified atom stereocenters. The molecule has 7 heteroatoms. The predicted molar refractivity (Wildman–Crippen MR) is 89.5 cm³/mol. The monoisotopic (exact) mass is 330 g/mol. The smallest absolute Gasteiger partial charge is 0.261 e. The molecular weight excluding hydrogens is 319 g/mol. The van der Waals surface area contributed by atoms with Crippen LogP contribution in [0.3, 0.4) is 0 Å². The van der Waals surface area contributed by atoms with Crippen LogP contribution < -0.4 is 10.8 Å². The summed E-state index contributed by atoms with van der Waals surface area (Å²) in [5.41, 5.74) is 2.47. The zero-order valence-corrected chi connectivity index (χ0v) is 13.2. The van der Waals surface area contributed by atoms with Crippen LogP contribution in [0.2, 0.25) is 4.34 Å². The van der Waals surface area contributed by atoms with Gasteiger partial charge in [-0.15, -0.1) is 11.3 Å². The van der Waals surface area contributed by atoms with Crippen molar-refractivity contribution < 1.29 is 9.63 Å². The number of nitrogens with one attached hydrogen (secondary N) is 1. The molecule has 0 bridgehead atoms. The number of carbonyl (C=O) groups is 1. The summed E-state index contributed by atoms with van der Waals surface area (Å²) >= 11 is 7.06. The molecule has 1 amide bonds. The van der Waals surface area contributed by atoms with Gasteiger partial charge in [0.25, 0.3) is 5.91 Å². The zero-order chi connectivity index (χ0) is 15.5. The highest BCUT2D eigenvalue weighted by Gasteiger charge is 2.23. The quantitative estimate of drug-likeness (QED) is 0.873. The number of hydrogen-bond donors (Lipinski definition) is 1. The molecule has 110 valence electrons. The van der Waals surface area contributed by atoms with Gasteiger partial charge in [-0.1, -0.05) is 46.5 Å². The van der Waals surface area contributed by atoms with E-state index in [1.165, 1.54) is 11.3 Å². The van der Waals surface area contributed by atoms with Crippen molar-refractivity contribution in [3.63, 3.8) is 0 Å². The fraction of sp³-hybridized carbons (Fsp3) is 0.200. The first kappa shape index (κ1) is 15.1. The molecule has 4 nitrogen and oxygen atoms in total. The summed E-state index contributed by atoms with van der Waals surface area (Å²) in [5.74, 6) is -0.155. The highest BCUT2D eigenvalue weighted by atomic mass is 35.5. The van der Waals surface area contributed by atoms with Crippen LogP contribution in [0, 0.1) is 0 Å². The van der Waals surface area contributed by atoms with Gasteiger partial charge in [0.05, 0.1) is 21.5 Å². The third kappa shape index (κ3) is 3.51. The Morgan fingerprint density at radius 1 is 1.45 bits per heavy atom. The van der Waals surface area contributed by atoms with Crippen molar-refractivity contribution in [3.05, 3.63) is 51.2 Å². The molecule has 0 aliphatic carbocycles. The summed E-state index contributed by atoms with van der Waals surface area (Å²) in [7, 11) is 5.76. The Bertz CT molecular complexity index is 732. The van der Waals surface area contributed by atoms with Crippen LogP contribution in [0.4, 0.5) is 0 Å². The fourth-order valence-corrected chi connectivity index (χ4v) is 3.12. The molecular formula is C15H12BClN2O2S. The van der Waals surface area contributed by atoms with E-state index in [1.807, 2.05) is 24.3 Å². The number of amides is 1. The minimum Gasteiger partial charge on any atom is -0.390 e. The van der Waals surface area contributed by atoms with E-state index in [9.17, 15) is 4.79 Å². The molecule has 0 fully saturated rings. The van der Waals surface area contributed by atoms with Crippen LogP contribution >= 0.6 is 22.9 Å². The third-order valence-corrected chi connectivity index (χ3v) is 4.47. The molecule has 2 radical (unpaired) electrons. The molecule has 1 aromatic heterocycles. The summed E-state index contributed by atoms with van der Waals surface area (Å²) in [5, 5.41) is 6.90. The molecule has 1 aromatic carbocycles. The van der Waals surface area contributed by atoms with Gasteiger partial charge >= 0.3 is 0 Å². The Balaban J connectivity index is 1.53. The summed E-state index contributed by atoms with van der Waals surface area (Å²) in [6.45, 7) is 0.393.